The third-order valence-corrected chi connectivity index (χ3v) is 3.43. The summed E-state index contributed by atoms with van der Waals surface area (Å²) in [7, 11) is 0. The lowest BCUT2D eigenvalue weighted by Crippen LogP contribution is -2.04. The number of hydrogen-bond donors (Lipinski definition) is 3. The number of aryl methyl sites for hydroxylation is 1. The fourth-order valence-corrected chi connectivity index (χ4v) is 2.55. The SMILES string of the molecule is Cc1nc2cc(NCc3nn[nH]n3)c(N)cc2s1. The van der Waals surface area contributed by atoms with E-state index in [0.29, 0.717) is 18.1 Å². The van der Waals surface area contributed by atoms with Gasteiger partial charge in [0, 0.05) is 0 Å². The smallest absolute Gasteiger partial charge is 0.193 e. The fraction of sp³-hybridized carbons (Fsp3) is 0.200. The van der Waals surface area contributed by atoms with Gasteiger partial charge in [-0.1, -0.05) is 5.21 Å². The molecule has 0 saturated carbocycles. The maximum absolute atomic E-state index is 5.99. The van der Waals surface area contributed by atoms with Crippen molar-refractivity contribution in [3.05, 3.63) is 23.0 Å². The summed E-state index contributed by atoms with van der Waals surface area (Å²) in [4.78, 5) is 4.43. The van der Waals surface area contributed by atoms with Crippen molar-refractivity contribution in [2.45, 2.75) is 13.5 Å². The van der Waals surface area contributed by atoms with E-state index >= 15 is 0 Å². The lowest BCUT2D eigenvalue weighted by atomic mass is 10.2. The number of hydrogen-bond acceptors (Lipinski definition) is 7. The van der Waals surface area contributed by atoms with Crippen molar-refractivity contribution in [3.8, 4) is 0 Å². The van der Waals surface area contributed by atoms with Gasteiger partial charge in [-0.2, -0.15) is 5.21 Å². The molecule has 0 bridgehead atoms. The quantitative estimate of drug-likeness (QED) is 0.614. The number of anilines is 2. The highest BCUT2D eigenvalue weighted by atomic mass is 32.1. The molecule has 18 heavy (non-hydrogen) atoms. The van der Waals surface area contributed by atoms with Crippen LogP contribution < -0.4 is 11.1 Å². The molecular weight excluding hydrogens is 250 g/mol. The Morgan fingerprint density at radius 2 is 2.33 bits per heavy atom. The van der Waals surface area contributed by atoms with Crippen LogP contribution in [0.25, 0.3) is 10.2 Å². The van der Waals surface area contributed by atoms with Crippen LogP contribution in [0.15, 0.2) is 12.1 Å². The number of nitrogens with zero attached hydrogens (tertiary/aromatic N) is 4. The zero-order valence-electron chi connectivity index (χ0n) is 9.64. The highest BCUT2D eigenvalue weighted by Crippen LogP contribution is 2.29. The highest BCUT2D eigenvalue weighted by Gasteiger charge is 2.07. The minimum absolute atomic E-state index is 0.468. The van der Waals surface area contributed by atoms with Crippen LogP contribution >= 0.6 is 11.3 Å². The number of aromatic nitrogens is 5. The van der Waals surface area contributed by atoms with Gasteiger partial charge in [0.15, 0.2) is 5.82 Å². The summed E-state index contributed by atoms with van der Waals surface area (Å²) in [6, 6.07) is 3.87. The predicted molar refractivity (Wildman–Crippen MR) is 70.3 cm³/mol. The van der Waals surface area contributed by atoms with Crippen molar-refractivity contribution in [3.63, 3.8) is 0 Å². The van der Waals surface area contributed by atoms with Crippen LogP contribution in [0.5, 0.6) is 0 Å². The van der Waals surface area contributed by atoms with Crippen LogP contribution in [0.3, 0.4) is 0 Å². The second-order valence-corrected chi connectivity index (χ2v) is 5.06. The molecule has 2 aromatic heterocycles. The molecule has 0 radical (unpaired) electrons. The summed E-state index contributed by atoms with van der Waals surface area (Å²) >= 11 is 1.63. The number of nitrogens with two attached hydrogens (primary N) is 1. The average molecular weight is 261 g/mol. The highest BCUT2D eigenvalue weighted by molar-refractivity contribution is 7.18. The molecule has 0 amide bonds. The van der Waals surface area contributed by atoms with Gasteiger partial charge in [0.1, 0.15) is 0 Å². The molecule has 0 aliphatic heterocycles. The van der Waals surface area contributed by atoms with Crippen LogP contribution in [0, 0.1) is 6.92 Å². The zero-order valence-corrected chi connectivity index (χ0v) is 10.5. The maximum Gasteiger partial charge on any atom is 0.193 e. The summed E-state index contributed by atoms with van der Waals surface area (Å²) in [6.07, 6.45) is 0. The molecule has 0 saturated heterocycles. The van der Waals surface area contributed by atoms with Gasteiger partial charge in [-0.25, -0.2) is 4.98 Å². The summed E-state index contributed by atoms with van der Waals surface area (Å²) < 4.78 is 1.09. The lowest BCUT2D eigenvalue weighted by molar-refractivity contribution is 0.881. The molecule has 2 heterocycles. The first-order valence-electron chi connectivity index (χ1n) is 5.35. The third-order valence-electron chi connectivity index (χ3n) is 2.49. The Hall–Kier alpha value is -2.22. The number of nitrogens with one attached hydrogen (secondary N) is 2. The number of rotatable bonds is 3. The van der Waals surface area contributed by atoms with Crippen LogP contribution in [-0.4, -0.2) is 25.6 Å². The maximum atomic E-state index is 5.99. The van der Waals surface area contributed by atoms with Crippen molar-refractivity contribution in [1.82, 2.24) is 25.6 Å². The van der Waals surface area contributed by atoms with Gasteiger partial charge in [-0.15, -0.1) is 21.5 Å². The molecule has 0 aliphatic carbocycles. The molecule has 0 aliphatic rings. The van der Waals surface area contributed by atoms with E-state index in [1.165, 1.54) is 0 Å². The topological polar surface area (TPSA) is 105 Å². The normalized spacial score (nSPS) is 10.9. The molecule has 3 rings (SSSR count). The number of benzene rings is 1. The number of fused-ring (bicyclic) bond motifs is 1. The fourth-order valence-electron chi connectivity index (χ4n) is 1.69. The van der Waals surface area contributed by atoms with E-state index < -0.39 is 0 Å². The number of H-pyrrole nitrogens is 1. The van der Waals surface area contributed by atoms with Crippen molar-refractivity contribution in [2.24, 2.45) is 0 Å². The molecule has 3 aromatic rings. The van der Waals surface area contributed by atoms with E-state index in [2.05, 4.69) is 30.9 Å². The monoisotopic (exact) mass is 261 g/mol. The van der Waals surface area contributed by atoms with E-state index in [1.807, 2.05) is 19.1 Å². The Bertz CT molecular complexity index is 673. The van der Waals surface area contributed by atoms with E-state index in [-0.39, 0.29) is 0 Å². The summed E-state index contributed by atoms with van der Waals surface area (Å²) in [5.74, 6) is 0.587. The van der Waals surface area contributed by atoms with Gasteiger partial charge >= 0.3 is 0 Å². The van der Waals surface area contributed by atoms with Crippen molar-refractivity contribution in [2.75, 3.05) is 11.1 Å². The Balaban J connectivity index is 1.88. The van der Waals surface area contributed by atoms with Gasteiger partial charge in [-0.05, 0) is 19.1 Å². The minimum Gasteiger partial charge on any atom is -0.397 e. The van der Waals surface area contributed by atoms with Gasteiger partial charge in [0.25, 0.3) is 0 Å². The first kappa shape index (κ1) is 10.9. The average Bonchev–Trinajstić information content (AvgIpc) is 2.94. The number of tetrazole rings is 1. The molecule has 8 heteroatoms. The predicted octanol–water partition coefficient (Wildman–Crippen LogP) is 1.31. The van der Waals surface area contributed by atoms with Crippen LogP contribution in [0.4, 0.5) is 11.4 Å². The minimum atomic E-state index is 0.468. The summed E-state index contributed by atoms with van der Waals surface area (Å²) in [5, 5.41) is 17.8. The third kappa shape index (κ3) is 1.97. The molecule has 0 spiro atoms. The second kappa shape index (κ2) is 4.22. The molecule has 92 valence electrons. The van der Waals surface area contributed by atoms with Crippen molar-refractivity contribution >= 4 is 32.9 Å². The van der Waals surface area contributed by atoms with Crippen molar-refractivity contribution < 1.29 is 0 Å². The van der Waals surface area contributed by atoms with Crippen LogP contribution in [-0.2, 0) is 6.54 Å². The largest absolute Gasteiger partial charge is 0.397 e. The van der Waals surface area contributed by atoms with Crippen molar-refractivity contribution in [1.29, 1.82) is 0 Å². The standard InChI is InChI=1S/C10H11N7S/c1-5-13-8-3-7(6(11)2-9(8)18-5)12-4-10-14-16-17-15-10/h2-3,12H,4,11H2,1H3,(H,14,15,16,17). The Morgan fingerprint density at radius 3 is 3.11 bits per heavy atom. The Kier molecular flexibility index (Phi) is 2.56. The van der Waals surface area contributed by atoms with Gasteiger partial charge in [-0.3, -0.25) is 0 Å². The number of aromatic amines is 1. The van der Waals surface area contributed by atoms with Gasteiger partial charge in [0.05, 0.1) is 33.1 Å². The first-order chi connectivity index (χ1) is 8.72. The molecule has 0 fully saturated rings. The zero-order chi connectivity index (χ0) is 12.5. The first-order valence-corrected chi connectivity index (χ1v) is 6.17. The Labute approximate surface area is 106 Å². The molecule has 0 unspecified atom stereocenters. The second-order valence-electron chi connectivity index (χ2n) is 3.82. The van der Waals surface area contributed by atoms with E-state index in [4.69, 9.17) is 5.73 Å². The molecule has 7 nitrogen and oxygen atoms in total. The number of thiazole rings is 1. The Morgan fingerprint density at radius 1 is 1.44 bits per heavy atom. The van der Waals surface area contributed by atoms with Crippen LogP contribution in [0.1, 0.15) is 10.8 Å². The molecule has 1 aromatic carbocycles. The van der Waals surface area contributed by atoms with E-state index in [0.717, 1.165) is 20.9 Å². The van der Waals surface area contributed by atoms with Gasteiger partial charge in [0.2, 0.25) is 0 Å². The summed E-state index contributed by atoms with van der Waals surface area (Å²) in [6.45, 7) is 2.45. The molecular formula is C10H11N7S. The number of nitrogen functional groups attached to an aromatic ring is 1. The lowest BCUT2D eigenvalue weighted by Gasteiger charge is -2.06. The van der Waals surface area contributed by atoms with E-state index in [1.54, 1.807) is 11.3 Å². The van der Waals surface area contributed by atoms with Crippen LogP contribution in [0.2, 0.25) is 0 Å². The van der Waals surface area contributed by atoms with Gasteiger partial charge < -0.3 is 11.1 Å². The summed E-state index contributed by atoms with van der Waals surface area (Å²) in [5.41, 5.74) is 8.45. The van der Waals surface area contributed by atoms with E-state index in [9.17, 15) is 0 Å². The molecule has 4 N–H and O–H groups in total. The molecule has 0 atom stereocenters.